The van der Waals surface area contributed by atoms with Crippen LogP contribution in [0.5, 0.6) is 0 Å². The monoisotopic (exact) mass is 308 g/mol. The van der Waals surface area contributed by atoms with Crippen molar-refractivity contribution in [2.24, 2.45) is 0 Å². The maximum Gasteiger partial charge on any atom is 0.324 e. The van der Waals surface area contributed by atoms with E-state index in [0.29, 0.717) is 19.4 Å². The second-order valence-electron chi connectivity index (χ2n) is 5.83. The zero-order valence-electron chi connectivity index (χ0n) is 12.9. The van der Waals surface area contributed by atoms with Gasteiger partial charge in [0.25, 0.3) is 5.91 Å². The number of nitrogens with one attached hydrogen (secondary N) is 2. The minimum Gasteiger partial charge on any atom is -0.375 e. The van der Waals surface area contributed by atoms with Gasteiger partial charge in [0.1, 0.15) is 5.56 Å². The molecule has 2 rings (SSSR count). The fraction of sp³-hybridized carbons (Fsp3) is 0.571. The van der Waals surface area contributed by atoms with Crippen LogP contribution >= 0.6 is 0 Å². The number of carbonyl (C=O) groups excluding carboxylic acids is 1. The van der Waals surface area contributed by atoms with Gasteiger partial charge in [-0.25, -0.2) is 4.98 Å². The van der Waals surface area contributed by atoms with Crippen molar-refractivity contribution >= 4 is 17.4 Å². The Labute approximate surface area is 128 Å². The van der Waals surface area contributed by atoms with Gasteiger partial charge in [0.05, 0.1) is 10.5 Å². The first kappa shape index (κ1) is 16.2. The van der Waals surface area contributed by atoms with Crippen molar-refractivity contribution in [1.82, 2.24) is 10.3 Å². The summed E-state index contributed by atoms with van der Waals surface area (Å²) >= 11 is 0. The van der Waals surface area contributed by atoms with Gasteiger partial charge in [-0.15, -0.1) is 0 Å². The smallest absolute Gasteiger partial charge is 0.324 e. The molecular formula is C14H20N4O4. The lowest BCUT2D eigenvalue weighted by atomic mass is 9.93. The summed E-state index contributed by atoms with van der Waals surface area (Å²) in [5.74, 6) is -0.391. The Kier molecular flexibility index (Phi) is 4.60. The number of anilines is 1. The van der Waals surface area contributed by atoms with Crippen molar-refractivity contribution in [2.75, 3.05) is 19.0 Å². The van der Waals surface area contributed by atoms with E-state index < -0.39 is 10.8 Å². The van der Waals surface area contributed by atoms with E-state index in [-0.39, 0.29) is 28.7 Å². The second-order valence-corrected chi connectivity index (χ2v) is 5.83. The molecule has 2 heterocycles. The third-order valence-corrected chi connectivity index (χ3v) is 3.62. The summed E-state index contributed by atoms with van der Waals surface area (Å²) < 4.78 is 5.60. The topological polar surface area (TPSA) is 106 Å². The predicted molar refractivity (Wildman–Crippen MR) is 81.0 cm³/mol. The first-order valence-corrected chi connectivity index (χ1v) is 7.10. The molecule has 8 heteroatoms. The molecule has 1 fully saturated rings. The summed E-state index contributed by atoms with van der Waals surface area (Å²) in [6, 6.07) is 1.29. The van der Waals surface area contributed by atoms with E-state index in [1.54, 1.807) is 0 Å². The lowest BCUT2D eigenvalue weighted by Gasteiger charge is -2.35. The number of pyridine rings is 1. The van der Waals surface area contributed by atoms with Gasteiger partial charge in [-0.2, -0.15) is 0 Å². The van der Waals surface area contributed by atoms with Gasteiger partial charge in [0.15, 0.2) is 0 Å². The van der Waals surface area contributed by atoms with E-state index in [9.17, 15) is 14.9 Å². The number of amides is 1. The summed E-state index contributed by atoms with van der Waals surface area (Å²) in [6.45, 7) is 4.47. The van der Waals surface area contributed by atoms with E-state index in [1.165, 1.54) is 19.3 Å². The standard InChI is InChI=1S/C14H20N4O4/c1-14(2)8-9(5-7-22-14)17-13(19)10-4-6-16-12(15-3)11(10)18(20)21/h4,6,9H,5,7-8H2,1-3H3,(H,15,16)(H,17,19)/t9-/m0/s1. The summed E-state index contributed by atoms with van der Waals surface area (Å²) in [7, 11) is 1.53. The number of hydrogen-bond donors (Lipinski definition) is 2. The minimum absolute atomic E-state index is 0.00801. The van der Waals surface area contributed by atoms with Gasteiger partial charge in [0.2, 0.25) is 5.82 Å². The molecule has 0 unspecified atom stereocenters. The van der Waals surface area contributed by atoms with E-state index in [1.807, 2.05) is 13.8 Å². The molecule has 0 aliphatic carbocycles. The zero-order valence-corrected chi connectivity index (χ0v) is 12.9. The minimum atomic E-state index is -0.596. The van der Waals surface area contributed by atoms with E-state index >= 15 is 0 Å². The number of aromatic nitrogens is 1. The number of hydrogen-bond acceptors (Lipinski definition) is 6. The van der Waals surface area contributed by atoms with Crippen LogP contribution in [0.1, 0.15) is 37.0 Å². The molecule has 2 N–H and O–H groups in total. The second kappa shape index (κ2) is 6.27. The highest BCUT2D eigenvalue weighted by Gasteiger charge is 2.32. The van der Waals surface area contributed by atoms with Gasteiger partial charge in [-0.1, -0.05) is 0 Å². The highest BCUT2D eigenvalue weighted by molar-refractivity contribution is 6.00. The Hall–Kier alpha value is -2.22. The third-order valence-electron chi connectivity index (χ3n) is 3.62. The summed E-state index contributed by atoms with van der Waals surface area (Å²) in [5, 5.41) is 16.7. The fourth-order valence-electron chi connectivity index (χ4n) is 2.62. The third kappa shape index (κ3) is 3.51. The van der Waals surface area contributed by atoms with Crippen molar-refractivity contribution in [2.45, 2.75) is 38.3 Å². The van der Waals surface area contributed by atoms with Crippen LogP contribution in [-0.2, 0) is 4.74 Å². The van der Waals surface area contributed by atoms with Crippen LogP contribution in [-0.4, -0.2) is 41.1 Å². The largest absolute Gasteiger partial charge is 0.375 e. The molecule has 0 spiro atoms. The SMILES string of the molecule is CNc1nccc(C(=O)N[C@H]2CCOC(C)(C)C2)c1[N+](=O)[O-]. The summed E-state index contributed by atoms with van der Waals surface area (Å²) in [6.07, 6.45) is 2.73. The van der Waals surface area contributed by atoms with Gasteiger partial charge in [-0.05, 0) is 32.8 Å². The molecular weight excluding hydrogens is 288 g/mol. The van der Waals surface area contributed by atoms with Gasteiger partial charge in [-0.3, -0.25) is 14.9 Å². The van der Waals surface area contributed by atoms with Crippen molar-refractivity contribution in [3.8, 4) is 0 Å². The number of ether oxygens (including phenoxy) is 1. The van der Waals surface area contributed by atoms with Crippen LogP contribution in [0.3, 0.4) is 0 Å². The van der Waals surface area contributed by atoms with Crippen LogP contribution in [0, 0.1) is 10.1 Å². The molecule has 1 atom stereocenters. The van der Waals surface area contributed by atoms with E-state index in [4.69, 9.17) is 4.74 Å². The van der Waals surface area contributed by atoms with Gasteiger partial charge in [0, 0.05) is 25.9 Å². The molecule has 0 bridgehead atoms. The molecule has 1 amide bonds. The van der Waals surface area contributed by atoms with Crippen LogP contribution in [0.15, 0.2) is 12.3 Å². The molecule has 1 aromatic rings. The average Bonchev–Trinajstić information content (AvgIpc) is 2.45. The highest BCUT2D eigenvalue weighted by Crippen LogP contribution is 2.27. The molecule has 1 aliphatic heterocycles. The number of rotatable bonds is 4. The fourth-order valence-corrected chi connectivity index (χ4v) is 2.62. The Morgan fingerprint density at radius 1 is 1.55 bits per heavy atom. The van der Waals surface area contributed by atoms with E-state index in [0.717, 1.165) is 0 Å². The van der Waals surface area contributed by atoms with Crippen molar-refractivity contribution in [3.63, 3.8) is 0 Å². The summed E-state index contributed by atoms with van der Waals surface area (Å²) in [5.41, 5.74) is -0.612. The summed E-state index contributed by atoms with van der Waals surface area (Å²) in [4.78, 5) is 26.9. The lowest BCUT2D eigenvalue weighted by molar-refractivity contribution is -0.384. The molecule has 8 nitrogen and oxygen atoms in total. The maximum absolute atomic E-state index is 12.4. The van der Waals surface area contributed by atoms with Gasteiger partial charge >= 0.3 is 5.69 Å². The predicted octanol–water partition coefficient (Wildman–Crippen LogP) is 1.72. The lowest BCUT2D eigenvalue weighted by Crippen LogP contribution is -2.45. The van der Waals surface area contributed by atoms with Crippen molar-refractivity contribution in [3.05, 3.63) is 27.9 Å². The molecule has 0 aromatic carbocycles. The molecule has 22 heavy (non-hydrogen) atoms. The Balaban J connectivity index is 2.21. The molecule has 1 aliphatic rings. The number of nitrogens with zero attached hydrogens (tertiary/aromatic N) is 2. The highest BCUT2D eigenvalue weighted by atomic mass is 16.6. The normalized spacial score (nSPS) is 20.2. The average molecular weight is 308 g/mol. The Morgan fingerprint density at radius 3 is 2.86 bits per heavy atom. The van der Waals surface area contributed by atoms with Crippen molar-refractivity contribution < 1.29 is 14.5 Å². The van der Waals surface area contributed by atoms with Crippen LogP contribution < -0.4 is 10.6 Å². The van der Waals surface area contributed by atoms with Crippen molar-refractivity contribution in [1.29, 1.82) is 0 Å². The van der Waals surface area contributed by atoms with Crippen LogP contribution in [0.4, 0.5) is 11.5 Å². The number of carbonyl (C=O) groups is 1. The van der Waals surface area contributed by atoms with Crippen LogP contribution in [0.25, 0.3) is 0 Å². The molecule has 0 saturated carbocycles. The Bertz CT molecular complexity index is 588. The Morgan fingerprint density at radius 2 is 2.27 bits per heavy atom. The zero-order chi connectivity index (χ0) is 16.3. The van der Waals surface area contributed by atoms with E-state index in [2.05, 4.69) is 15.6 Å². The first-order chi connectivity index (χ1) is 10.3. The molecule has 1 saturated heterocycles. The maximum atomic E-state index is 12.4. The van der Waals surface area contributed by atoms with Crippen LogP contribution in [0.2, 0.25) is 0 Å². The first-order valence-electron chi connectivity index (χ1n) is 7.10. The molecule has 120 valence electrons. The van der Waals surface area contributed by atoms with Gasteiger partial charge < -0.3 is 15.4 Å². The molecule has 1 aromatic heterocycles. The number of nitro groups is 1. The molecule has 0 radical (unpaired) electrons. The quantitative estimate of drug-likeness (QED) is 0.648.